The molecule has 0 spiro atoms. The Morgan fingerprint density at radius 1 is 1.15 bits per heavy atom. The summed E-state index contributed by atoms with van der Waals surface area (Å²) < 4.78 is 0. The number of carboxylic acid groups (broad SMARTS) is 1. The number of benzene rings is 1. The molecule has 0 aliphatic heterocycles. The van der Waals surface area contributed by atoms with Gasteiger partial charge in [0.1, 0.15) is 11.8 Å². The average molecular weight is 279 g/mol. The molecule has 20 heavy (non-hydrogen) atoms. The predicted molar refractivity (Wildman–Crippen MR) is 71.0 cm³/mol. The van der Waals surface area contributed by atoms with Gasteiger partial charge >= 0.3 is 5.97 Å². The summed E-state index contributed by atoms with van der Waals surface area (Å²) in [6.07, 6.45) is -0.329. The molecule has 1 aromatic rings. The van der Waals surface area contributed by atoms with Gasteiger partial charge in [0.2, 0.25) is 5.91 Å². The summed E-state index contributed by atoms with van der Waals surface area (Å²) in [6, 6.07) is 7.81. The van der Waals surface area contributed by atoms with E-state index in [-0.39, 0.29) is 31.7 Å². The molecule has 108 valence electrons. The summed E-state index contributed by atoms with van der Waals surface area (Å²) in [4.78, 5) is 34.0. The van der Waals surface area contributed by atoms with Gasteiger partial charge in [-0.15, -0.1) is 0 Å². The van der Waals surface area contributed by atoms with Crippen LogP contribution < -0.4 is 5.32 Å². The van der Waals surface area contributed by atoms with E-state index in [1.54, 1.807) is 24.3 Å². The second-order valence-electron chi connectivity index (χ2n) is 4.35. The van der Waals surface area contributed by atoms with Crippen LogP contribution in [-0.4, -0.2) is 40.5 Å². The number of amides is 1. The number of Topliss-reactive ketones (excluding diaryl/α,β-unsaturated/α-hetero) is 1. The van der Waals surface area contributed by atoms with Crippen molar-refractivity contribution < 1.29 is 24.6 Å². The van der Waals surface area contributed by atoms with Gasteiger partial charge in [-0.05, 0) is 5.56 Å². The fourth-order valence-electron chi connectivity index (χ4n) is 1.70. The maximum atomic E-state index is 11.7. The summed E-state index contributed by atoms with van der Waals surface area (Å²) in [7, 11) is 0. The van der Waals surface area contributed by atoms with Gasteiger partial charge in [-0.25, -0.2) is 4.79 Å². The molecule has 1 atom stereocenters. The van der Waals surface area contributed by atoms with Crippen molar-refractivity contribution in [3.63, 3.8) is 0 Å². The lowest BCUT2D eigenvalue weighted by Crippen LogP contribution is -2.42. The van der Waals surface area contributed by atoms with Gasteiger partial charge in [-0.2, -0.15) is 0 Å². The molecular weight excluding hydrogens is 262 g/mol. The third-order valence-corrected chi connectivity index (χ3v) is 2.65. The molecule has 1 amide bonds. The van der Waals surface area contributed by atoms with Crippen LogP contribution in [0.2, 0.25) is 0 Å². The quantitative estimate of drug-likeness (QED) is 0.587. The van der Waals surface area contributed by atoms with E-state index >= 15 is 0 Å². The van der Waals surface area contributed by atoms with Crippen LogP contribution in [0.4, 0.5) is 0 Å². The van der Waals surface area contributed by atoms with Crippen LogP contribution in [0.3, 0.4) is 0 Å². The first kappa shape index (κ1) is 15.8. The van der Waals surface area contributed by atoms with E-state index in [0.717, 1.165) is 5.56 Å². The lowest BCUT2D eigenvalue weighted by atomic mass is 10.1. The van der Waals surface area contributed by atoms with Gasteiger partial charge in [0.05, 0.1) is 6.42 Å². The second-order valence-corrected chi connectivity index (χ2v) is 4.35. The Morgan fingerprint density at radius 3 is 2.35 bits per heavy atom. The Morgan fingerprint density at radius 2 is 1.80 bits per heavy atom. The number of aliphatic carboxylic acids is 1. The minimum atomic E-state index is -1.23. The number of nitrogens with one attached hydrogen (secondary N) is 1. The van der Waals surface area contributed by atoms with Crippen molar-refractivity contribution in [2.24, 2.45) is 0 Å². The first-order valence-electron chi connectivity index (χ1n) is 6.21. The molecule has 0 saturated heterocycles. The highest BCUT2D eigenvalue weighted by molar-refractivity contribution is 5.99. The van der Waals surface area contributed by atoms with Crippen LogP contribution in [-0.2, 0) is 20.8 Å². The molecule has 1 aromatic carbocycles. The lowest BCUT2D eigenvalue weighted by Gasteiger charge is -2.12. The molecule has 0 bridgehead atoms. The molecule has 6 heteroatoms. The first-order valence-corrected chi connectivity index (χ1v) is 6.21. The number of aliphatic hydroxyl groups is 1. The summed E-state index contributed by atoms with van der Waals surface area (Å²) in [6.45, 7) is -0.352. The molecule has 0 unspecified atom stereocenters. The maximum Gasteiger partial charge on any atom is 0.326 e. The van der Waals surface area contributed by atoms with Crippen molar-refractivity contribution in [3.05, 3.63) is 35.9 Å². The molecule has 0 saturated carbocycles. The van der Waals surface area contributed by atoms with E-state index < -0.39 is 17.9 Å². The van der Waals surface area contributed by atoms with E-state index in [4.69, 9.17) is 10.2 Å². The Kier molecular flexibility index (Phi) is 6.39. The van der Waals surface area contributed by atoms with Gasteiger partial charge < -0.3 is 15.5 Å². The van der Waals surface area contributed by atoms with E-state index in [9.17, 15) is 14.4 Å². The number of carbonyl (C=O) groups is 3. The van der Waals surface area contributed by atoms with Crippen molar-refractivity contribution in [1.29, 1.82) is 0 Å². The number of rotatable bonds is 8. The molecule has 0 aromatic heterocycles. The molecule has 0 heterocycles. The van der Waals surface area contributed by atoms with Gasteiger partial charge in [-0.1, -0.05) is 30.3 Å². The standard InChI is InChI=1S/C14H17NO5/c16-7-6-12(14(19)20)15-13(18)9-11(17)8-10-4-2-1-3-5-10/h1-5,12,16H,6-9H2,(H,15,18)(H,19,20)/t12-/m0/s1. The predicted octanol–water partition coefficient (Wildman–Crippen LogP) is 0.140. The number of ketones is 1. The monoisotopic (exact) mass is 279 g/mol. The molecule has 0 aliphatic rings. The number of carboxylic acids is 1. The third kappa shape index (κ3) is 5.62. The minimum absolute atomic E-state index is 0.0893. The van der Waals surface area contributed by atoms with Crippen LogP contribution >= 0.6 is 0 Å². The summed E-state index contributed by atoms with van der Waals surface area (Å²) in [5, 5.41) is 19.7. The van der Waals surface area contributed by atoms with Crippen LogP contribution in [0, 0.1) is 0 Å². The fourth-order valence-corrected chi connectivity index (χ4v) is 1.70. The van der Waals surface area contributed by atoms with Crippen LogP contribution in [0.25, 0.3) is 0 Å². The van der Waals surface area contributed by atoms with Gasteiger partial charge in [0.15, 0.2) is 0 Å². The van der Waals surface area contributed by atoms with Crippen LogP contribution in [0.1, 0.15) is 18.4 Å². The third-order valence-electron chi connectivity index (χ3n) is 2.65. The Balaban J connectivity index is 2.45. The Hall–Kier alpha value is -2.21. The molecule has 0 radical (unpaired) electrons. The van der Waals surface area contributed by atoms with E-state index in [2.05, 4.69) is 5.32 Å². The molecule has 1 rings (SSSR count). The second kappa shape index (κ2) is 8.06. The zero-order valence-corrected chi connectivity index (χ0v) is 10.9. The van der Waals surface area contributed by atoms with Crippen molar-refractivity contribution >= 4 is 17.7 Å². The smallest absolute Gasteiger partial charge is 0.326 e. The summed E-state index contributed by atoms with van der Waals surface area (Å²) in [5.74, 6) is -2.17. The minimum Gasteiger partial charge on any atom is -0.480 e. The molecule has 3 N–H and O–H groups in total. The number of hydrogen-bond donors (Lipinski definition) is 3. The Bertz CT molecular complexity index is 472. The van der Waals surface area contributed by atoms with E-state index in [0.29, 0.717) is 0 Å². The van der Waals surface area contributed by atoms with Gasteiger partial charge in [0, 0.05) is 19.4 Å². The largest absolute Gasteiger partial charge is 0.480 e. The fraction of sp³-hybridized carbons (Fsp3) is 0.357. The van der Waals surface area contributed by atoms with Gasteiger partial charge in [-0.3, -0.25) is 9.59 Å². The van der Waals surface area contributed by atoms with Crippen LogP contribution in [0.15, 0.2) is 30.3 Å². The van der Waals surface area contributed by atoms with Crippen molar-refractivity contribution in [1.82, 2.24) is 5.32 Å². The molecule has 0 fully saturated rings. The molecule has 6 nitrogen and oxygen atoms in total. The number of aliphatic hydroxyl groups excluding tert-OH is 1. The van der Waals surface area contributed by atoms with E-state index in [1.807, 2.05) is 6.07 Å². The summed E-state index contributed by atoms with van der Waals surface area (Å²) in [5.41, 5.74) is 0.801. The van der Waals surface area contributed by atoms with Crippen molar-refractivity contribution in [2.45, 2.75) is 25.3 Å². The van der Waals surface area contributed by atoms with Crippen molar-refractivity contribution in [3.8, 4) is 0 Å². The first-order chi connectivity index (χ1) is 9.52. The lowest BCUT2D eigenvalue weighted by molar-refractivity contribution is -0.142. The maximum absolute atomic E-state index is 11.7. The normalized spacial score (nSPS) is 11.7. The van der Waals surface area contributed by atoms with Gasteiger partial charge in [0.25, 0.3) is 0 Å². The molecule has 0 aliphatic carbocycles. The SMILES string of the molecule is O=C(CC(=O)N[C@@H](CCO)C(=O)O)Cc1ccccc1. The molecular formula is C14H17NO5. The summed E-state index contributed by atoms with van der Waals surface area (Å²) >= 11 is 0. The van der Waals surface area contributed by atoms with E-state index in [1.165, 1.54) is 0 Å². The number of carbonyl (C=O) groups excluding carboxylic acids is 2. The Labute approximate surface area is 116 Å². The highest BCUT2D eigenvalue weighted by Crippen LogP contribution is 2.02. The zero-order valence-electron chi connectivity index (χ0n) is 10.9. The number of hydrogen-bond acceptors (Lipinski definition) is 4. The van der Waals surface area contributed by atoms with Crippen molar-refractivity contribution in [2.75, 3.05) is 6.61 Å². The van der Waals surface area contributed by atoms with Crippen LogP contribution in [0.5, 0.6) is 0 Å². The average Bonchev–Trinajstić information content (AvgIpc) is 2.38. The zero-order chi connectivity index (χ0) is 15.0. The highest BCUT2D eigenvalue weighted by atomic mass is 16.4. The topological polar surface area (TPSA) is 104 Å². The highest BCUT2D eigenvalue weighted by Gasteiger charge is 2.20.